The van der Waals surface area contributed by atoms with Crippen LogP contribution >= 0.6 is 0 Å². The number of nitrogen functional groups attached to an aromatic ring is 1. The van der Waals surface area contributed by atoms with E-state index in [4.69, 9.17) is 11.5 Å². The maximum absolute atomic E-state index is 6.21. The van der Waals surface area contributed by atoms with Gasteiger partial charge in [0.1, 0.15) is 0 Å². The summed E-state index contributed by atoms with van der Waals surface area (Å²) in [7, 11) is 0. The molecular formula is C15H24N2. The third-order valence-electron chi connectivity index (χ3n) is 4.12. The molecule has 17 heavy (non-hydrogen) atoms. The Morgan fingerprint density at radius 3 is 2.29 bits per heavy atom. The molecule has 2 unspecified atom stereocenters. The van der Waals surface area contributed by atoms with Crippen LogP contribution in [0.4, 0.5) is 5.69 Å². The van der Waals surface area contributed by atoms with E-state index in [1.807, 2.05) is 0 Å². The topological polar surface area (TPSA) is 52.0 Å². The van der Waals surface area contributed by atoms with E-state index < -0.39 is 0 Å². The van der Waals surface area contributed by atoms with Crippen LogP contribution in [0, 0.1) is 19.8 Å². The smallest absolute Gasteiger partial charge is 0.0373 e. The molecule has 0 amide bonds. The maximum atomic E-state index is 6.21. The third kappa shape index (κ3) is 2.81. The molecule has 0 spiro atoms. The quantitative estimate of drug-likeness (QED) is 0.770. The van der Waals surface area contributed by atoms with Gasteiger partial charge >= 0.3 is 0 Å². The Labute approximate surface area is 104 Å². The van der Waals surface area contributed by atoms with Gasteiger partial charge in [-0.25, -0.2) is 0 Å². The molecule has 0 saturated heterocycles. The minimum atomic E-state index is 0.391. The van der Waals surface area contributed by atoms with Gasteiger partial charge in [0, 0.05) is 11.7 Å². The van der Waals surface area contributed by atoms with Crippen molar-refractivity contribution in [2.45, 2.75) is 52.0 Å². The second kappa shape index (κ2) is 5.09. The molecule has 4 N–H and O–H groups in total. The van der Waals surface area contributed by atoms with Crippen molar-refractivity contribution in [3.8, 4) is 0 Å². The Morgan fingerprint density at radius 1 is 1.12 bits per heavy atom. The fourth-order valence-corrected chi connectivity index (χ4v) is 2.97. The number of aryl methyl sites for hydroxylation is 2. The third-order valence-corrected chi connectivity index (χ3v) is 4.12. The lowest BCUT2D eigenvalue weighted by Crippen LogP contribution is -2.34. The summed E-state index contributed by atoms with van der Waals surface area (Å²) in [4.78, 5) is 0. The number of benzene rings is 1. The molecule has 0 aliphatic heterocycles. The summed E-state index contributed by atoms with van der Waals surface area (Å²) >= 11 is 0. The van der Waals surface area contributed by atoms with Gasteiger partial charge in [-0.3, -0.25) is 0 Å². The second-order valence-corrected chi connectivity index (χ2v) is 5.56. The van der Waals surface area contributed by atoms with Gasteiger partial charge < -0.3 is 11.5 Å². The second-order valence-electron chi connectivity index (χ2n) is 5.56. The number of rotatable bonds is 2. The molecule has 1 aromatic carbocycles. The first-order chi connectivity index (χ1) is 8.08. The molecule has 0 bridgehead atoms. The van der Waals surface area contributed by atoms with E-state index in [1.165, 1.54) is 42.4 Å². The Kier molecular flexibility index (Phi) is 3.72. The van der Waals surface area contributed by atoms with Crippen molar-refractivity contribution in [3.05, 3.63) is 28.8 Å². The molecule has 2 nitrogen and oxygen atoms in total. The largest absolute Gasteiger partial charge is 0.398 e. The number of hydrogen-bond acceptors (Lipinski definition) is 2. The van der Waals surface area contributed by atoms with Crippen LogP contribution in [-0.2, 0) is 6.42 Å². The molecule has 1 aliphatic rings. The molecule has 0 aromatic heterocycles. The summed E-state index contributed by atoms with van der Waals surface area (Å²) in [5.74, 6) is 0.658. The van der Waals surface area contributed by atoms with Crippen molar-refractivity contribution in [2.24, 2.45) is 11.7 Å². The van der Waals surface area contributed by atoms with Gasteiger partial charge in [0.2, 0.25) is 0 Å². The van der Waals surface area contributed by atoms with Crippen LogP contribution in [0.1, 0.15) is 42.4 Å². The predicted octanol–water partition coefficient (Wildman–Crippen LogP) is 2.95. The zero-order chi connectivity index (χ0) is 12.4. The summed E-state index contributed by atoms with van der Waals surface area (Å²) in [6.45, 7) is 4.18. The summed E-state index contributed by atoms with van der Waals surface area (Å²) in [6, 6.07) is 4.84. The zero-order valence-electron chi connectivity index (χ0n) is 11.0. The zero-order valence-corrected chi connectivity index (χ0v) is 11.0. The fourth-order valence-electron chi connectivity index (χ4n) is 2.97. The molecule has 2 heteroatoms. The highest BCUT2D eigenvalue weighted by molar-refractivity contribution is 5.54. The Balaban J connectivity index is 2.12. The van der Waals surface area contributed by atoms with Crippen LogP contribution < -0.4 is 11.5 Å². The molecule has 94 valence electrons. The Morgan fingerprint density at radius 2 is 1.71 bits per heavy atom. The van der Waals surface area contributed by atoms with Gasteiger partial charge in [0.15, 0.2) is 0 Å². The minimum absolute atomic E-state index is 0.391. The lowest BCUT2D eigenvalue weighted by atomic mass is 9.81. The first-order valence-electron chi connectivity index (χ1n) is 6.69. The van der Waals surface area contributed by atoms with Gasteiger partial charge in [0.05, 0.1) is 0 Å². The van der Waals surface area contributed by atoms with E-state index in [2.05, 4.69) is 26.0 Å². The van der Waals surface area contributed by atoms with Crippen molar-refractivity contribution in [1.29, 1.82) is 0 Å². The lowest BCUT2D eigenvalue weighted by molar-refractivity contribution is 0.306. The average Bonchev–Trinajstić information content (AvgIpc) is 2.29. The highest BCUT2D eigenvalue weighted by Gasteiger charge is 2.22. The van der Waals surface area contributed by atoms with Crippen LogP contribution in [0.3, 0.4) is 0 Å². The highest BCUT2D eigenvalue weighted by atomic mass is 14.7. The monoisotopic (exact) mass is 232 g/mol. The molecular weight excluding hydrogens is 208 g/mol. The van der Waals surface area contributed by atoms with Gasteiger partial charge in [-0.05, 0) is 55.7 Å². The van der Waals surface area contributed by atoms with Gasteiger partial charge in [-0.1, -0.05) is 25.0 Å². The number of nitrogens with two attached hydrogens (primary N) is 2. The van der Waals surface area contributed by atoms with E-state index in [1.54, 1.807) is 0 Å². The lowest BCUT2D eigenvalue weighted by Gasteiger charge is -2.28. The molecule has 2 atom stereocenters. The molecule has 0 heterocycles. The van der Waals surface area contributed by atoms with Crippen LogP contribution in [0.15, 0.2) is 12.1 Å². The summed E-state index contributed by atoms with van der Waals surface area (Å²) in [5, 5.41) is 0. The summed E-state index contributed by atoms with van der Waals surface area (Å²) in [6.07, 6.45) is 6.23. The normalized spacial score (nSPS) is 24.9. The molecule has 1 aromatic rings. The van der Waals surface area contributed by atoms with Crippen LogP contribution in [0.2, 0.25) is 0 Å². The molecule has 1 aliphatic carbocycles. The van der Waals surface area contributed by atoms with Crippen LogP contribution in [0.25, 0.3) is 0 Å². The van der Waals surface area contributed by atoms with Crippen molar-refractivity contribution in [3.63, 3.8) is 0 Å². The van der Waals surface area contributed by atoms with Crippen molar-refractivity contribution >= 4 is 5.69 Å². The maximum Gasteiger partial charge on any atom is 0.0373 e. The molecule has 1 fully saturated rings. The van der Waals surface area contributed by atoms with E-state index in [-0.39, 0.29) is 0 Å². The first kappa shape index (κ1) is 12.4. The highest BCUT2D eigenvalue weighted by Crippen LogP contribution is 2.28. The Bertz CT molecular complexity index is 375. The van der Waals surface area contributed by atoms with Crippen LogP contribution in [-0.4, -0.2) is 6.04 Å². The SMILES string of the molecule is Cc1cc(CC2CCCCC2N)cc(C)c1N. The van der Waals surface area contributed by atoms with E-state index in [9.17, 15) is 0 Å². The summed E-state index contributed by atoms with van der Waals surface area (Å²) < 4.78 is 0. The van der Waals surface area contributed by atoms with Gasteiger partial charge in [0.25, 0.3) is 0 Å². The van der Waals surface area contributed by atoms with E-state index in [0.29, 0.717) is 12.0 Å². The number of hydrogen-bond donors (Lipinski definition) is 2. The molecule has 2 rings (SSSR count). The van der Waals surface area contributed by atoms with Gasteiger partial charge in [-0.2, -0.15) is 0 Å². The van der Waals surface area contributed by atoms with E-state index >= 15 is 0 Å². The predicted molar refractivity (Wildman–Crippen MR) is 74.0 cm³/mol. The molecule has 0 radical (unpaired) electrons. The van der Waals surface area contributed by atoms with E-state index in [0.717, 1.165) is 12.1 Å². The van der Waals surface area contributed by atoms with Crippen molar-refractivity contribution < 1.29 is 0 Å². The summed E-state index contributed by atoms with van der Waals surface area (Å²) in [5.41, 5.74) is 16.9. The standard InChI is InChI=1S/C15H24N2/c1-10-7-12(8-11(2)15(10)17)9-13-5-3-4-6-14(13)16/h7-8,13-14H,3-6,9,16-17H2,1-2H3. The number of anilines is 1. The average molecular weight is 232 g/mol. The van der Waals surface area contributed by atoms with Crippen molar-refractivity contribution in [2.75, 3.05) is 5.73 Å². The molecule has 1 saturated carbocycles. The van der Waals surface area contributed by atoms with Crippen LogP contribution in [0.5, 0.6) is 0 Å². The first-order valence-corrected chi connectivity index (χ1v) is 6.69. The Hall–Kier alpha value is -1.02. The minimum Gasteiger partial charge on any atom is -0.398 e. The van der Waals surface area contributed by atoms with Gasteiger partial charge in [-0.15, -0.1) is 0 Å². The van der Waals surface area contributed by atoms with Crippen molar-refractivity contribution in [1.82, 2.24) is 0 Å². The fraction of sp³-hybridized carbons (Fsp3) is 0.600.